The second-order valence-corrected chi connectivity index (χ2v) is 5.42. The molecule has 0 saturated carbocycles. The highest BCUT2D eigenvalue weighted by molar-refractivity contribution is 7.88. The average Bonchev–Trinajstić information content (AvgIpc) is 2.17. The van der Waals surface area contributed by atoms with E-state index in [0.29, 0.717) is 0 Å². The van der Waals surface area contributed by atoms with Crippen LogP contribution in [0.3, 0.4) is 0 Å². The van der Waals surface area contributed by atoms with E-state index in [1.165, 1.54) is 0 Å². The van der Waals surface area contributed by atoms with Crippen LogP contribution >= 0.6 is 0 Å². The van der Waals surface area contributed by atoms with Gasteiger partial charge < -0.3 is 25.2 Å². The Morgan fingerprint density at radius 2 is 1.81 bits per heavy atom. The summed E-state index contributed by atoms with van der Waals surface area (Å²) in [6, 6.07) is -1.37. The van der Waals surface area contributed by atoms with E-state index in [-0.39, 0.29) is 0 Å². The van der Waals surface area contributed by atoms with Gasteiger partial charge in [0.2, 0.25) is 10.0 Å². The minimum absolute atomic E-state index is 0.596. The lowest BCUT2D eigenvalue weighted by Crippen LogP contribution is -2.63. The van der Waals surface area contributed by atoms with Crippen molar-refractivity contribution in [3.63, 3.8) is 0 Å². The van der Waals surface area contributed by atoms with Gasteiger partial charge in [-0.2, -0.15) is 0 Å². The Hall–Kier alpha value is -0.290. The number of nitrogens with one attached hydrogen (secondary N) is 1. The van der Waals surface area contributed by atoms with Gasteiger partial charge in [0.1, 0.15) is 24.4 Å². The maximum atomic E-state index is 10.9. The van der Waals surface area contributed by atoms with Crippen molar-refractivity contribution in [1.29, 1.82) is 0 Å². The standard InChI is InChI=1S/C7H15NO7S/c1-16(13,14)8-4-6(11)5(10)3(2-9)15-7(4)12/h3-12H,2H2,1H3/t3?,4?,5-,6?,7-/m1/s1. The summed E-state index contributed by atoms with van der Waals surface area (Å²) in [7, 11) is -3.66. The molecule has 0 aromatic rings. The highest BCUT2D eigenvalue weighted by Gasteiger charge is 2.44. The van der Waals surface area contributed by atoms with Crippen LogP contribution < -0.4 is 4.72 Å². The fraction of sp³-hybridized carbons (Fsp3) is 1.00. The summed E-state index contributed by atoms with van der Waals surface area (Å²) in [6.45, 7) is -0.596. The molecule has 0 aromatic heterocycles. The van der Waals surface area contributed by atoms with Gasteiger partial charge in [-0.1, -0.05) is 0 Å². The first-order valence-corrected chi connectivity index (χ1v) is 6.43. The molecule has 1 saturated heterocycles. The summed E-state index contributed by atoms with van der Waals surface area (Å²) in [5.74, 6) is 0. The van der Waals surface area contributed by atoms with Crippen LogP contribution in [0.5, 0.6) is 0 Å². The molecule has 1 aliphatic rings. The predicted octanol–water partition coefficient (Wildman–Crippen LogP) is -3.66. The molecule has 0 aromatic carbocycles. The normalized spacial score (nSPS) is 40.9. The average molecular weight is 257 g/mol. The van der Waals surface area contributed by atoms with E-state index in [4.69, 9.17) is 9.84 Å². The summed E-state index contributed by atoms with van der Waals surface area (Å²) < 4.78 is 28.5. The van der Waals surface area contributed by atoms with E-state index in [0.717, 1.165) is 6.26 Å². The molecule has 0 bridgehead atoms. The molecule has 8 nitrogen and oxygen atoms in total. The molecule has 3 unspecified atom stereocenters. The van der Waals surface area contributed by atoms with Gasteiger partial charge >= 0.3 is 0 Å². The third-order valence-electron chi connectivity index (χ3n) is 2.25. The van der Waals surface area contributed by atoms with Crippen LogP contribution in [0, 0.1) is 0 Å². The zero-order valence-electron chi connectivity index (χ0n) is 8.52. The quantitative estimate of drug-likeness (QED) is 0.351. The molecule has 0 aliphatic carbocycles. The lowest BCUT2D eigenvalue weighted by molar-refractivity contribution is -0.251. The van der Waals surface area contributed by atoms with E-state index in [1.54, 1.807) is 0 Å². The van der Waals surface area contributed by atoms with Crippen molar-refractivity contribution in [3.8, 4) is 0 Å². The van der Waals surface area contributed by atoms with E-state index >= 15 is 0 Å². The number of sulfonamides is 1. The van der Waals surface area contributed by atoms with Crippen LogP contribution in [-0.2, 0) is 14.8 Å². The lowest BCUT2D eigenvalue weighted by atomic mass is 9.98. The van der Waals surface area contributed by atoms with Gasteiger partial charge in [0, 0.05) is 0 Å². The molecule has 5 N–H and O–H groups in total. The van der Waals surface area contributed by atoms with Crippen LogP contribution in [0.25, 0.3) is 0 Å². The van der Waals surface area contributed by atoms with E-state index in [9.17, 15) is 23.7 Å². The van der Waals surface area contributed by atoms with E-state index < -0.39 is 47.3 Å². The lowest BCUT2D eigenvalue weighted by Gasteiger charge is -2.39. The number of hydrogen-bond acceptors (Lipinski definition) is 7. The summed E-state index contributed by atoms with van der Waals surface area (Å²) in [5, 5.41) is 37.1. The van der Waals surface area contributed by atoms with Gasteiger partial charge in [-0.25, -0.2) is 13.1 Å². The third-order valence-corrected chi connectivity index (χ3v) is 2.95. The second-order valence-electron chi connectivity index (χ2n) is 3.64. The largest absolute Gasteiger partial charge is 0.394 e. The van der Waals surface area contributed by atoms with Crippen molar-refractivity contribution in [2.24, 2.45) is 0 Å². The van der Waals surface area contributed by atoms with Gasteiger partial charge in [0.15, 0.2) is 6.29 Å². The molecule has 0 amide bonds. The summed E-state index contributed by atoms with van der Waals surface area (Å²) in [4.78, 5) is 0. The molecule has 96 valence electrons. The molecule has 16 heavy (non-hydrogen) atoms. The first kappa shape index (κ1) is 13.8. The molecule has 1 aliphatic heterocycles. The monoisotopic (exact) mass is 257 g/mol. The molecule has 1 fully saturated rings. The Balaban J connectivity index is 2.80. The number of aliphatic hydroxyl groups excluding tert-OH is 4. The molecular weight excluding hydrogens is 242 g/mol. The maximum absolute atomic E-state index is 10.9. The van der Waals surface area contributed by atoms with Crippen molar-refractivity contribution < 1.29 is 33.6 Å². The van der Waals surface area contributed by atoms with Crippen LogP contribution in [0.15, 0.2) is 0 Å². The number of ether oxygens (including phenoxy) is 1. The maximum Gasteiger partial charge on any atom is 0.209 e. The second kappa shape index (κ2) is 4.92. The molecule has 1 heterocycles. The smallest absolute Gasteiger partial charge is 0.209 e. The molecule has 0 radical (unpaired) electrons. The SMILES string of the molecule is CS(=O)(=O)NC1C(O)[C@H](O)C(CO)O[C@H]1O. The minimum atomic E-state index is -3.66. The van der Waals surface area contributed by atoms with E-state index in [2.05, 4.69) is 0 Å². The summed E-state index contributed by atoms with van der Waals surface area (Å²) in [6.07, 6.45) is -4.98. The Labute approximate surface area is 92.5 Å². The fourth-order valence-electron chi connectivity index (χ4n) is 1.47. The van der Waals surface area contributed by atoms with Crippen LogP contribution in [0.1, 0.15) is 0 Å². The Morgan fingerprint density at radius 3 is 2.25 bits per heavy atom. The molecular formula is C7H15NO7S. The van der Waals surface area contributed by atoms with Crippen molar-refractivity contribution in [2.75, 3.05) is 12.9 Å². The van der Waals surface area contributed by atoms with Crippen LogP contribution in [0.2, 0.25) is 0 Å². The van der Waals surface area contributed by atoms with Crippen LogP contribution in [-0.4, -0.2) is 72.4 Å². The predicted molar refractivity (Wildman–Crippen MR) is 51.7 cm³/mol. The number of hydrogen-bond donors (Lipinski definition) is 5. The van der Waals surface area contributed by atoms with Crippen molar-refractivity contribution in [1.82, 2.24) is 4.72 Å². The first-order chi connectivity index (χ1) is 7.26. The van der Waals surface area contributed by atoms with Crippen molar-refractivity contribution in [2.45, 2.75) is 30.6 Å². The van der Waals surface area contributed by atoms with Gasteiger partial charge in [-0.3, -0.25) is 0 Å². The topological polar surface area (TPSA) is 136 Å². The van der Waals surface area contributed by atoms with Gasteiger partial charge in [0.05, 0.1) is 12.9 Å². The molecule has 9 heteroatoms. The van der Waals surface area contributed by atoms with Gasteiger partial charge in [-0.05, 0) is 0 Å². The van der Waals surface area contributed by atoms with Crippen LogP contribution in [0.4, 0.5) is 0 Å². The highest BCUT2D eigenvalue weighted by atomic mass is 32.2. The number of rotatable bonds is 3. The Kier molecular flexibility index (Phi) is 4.23. The molecule has 0 spiro atoms. The molecule has 1 rings (SSSR count). The van der Waals surface area contributed by atoms with E-state index in [1.807, 2.05) is 4.72 Å². The summed E-state index contributed by atoms with van der Waals surface area (Å²) in [5.41, 5.74) is 0. The summed E-state index contributed by atoms with van der Waals surface area (Å²) >= 11 is 0. The minimum Gasteiger partial charge on any atom is -0.394 e. The van der Waals surface area contributed by atoms with Gasteiger partial charge in [-0.15, -0.1) is 0 Å². The van der Waals surface area contributed by atoms with Crippen molar-refractivity contribution in [3.05, 3.63) is 0 Å². The molecule has 5 atom stereocenters. The zero-order valence-corrected chi connectivity index (χ0v) is 9.33. The van der Waals surface area contributed by atoms with Crippen molar-refractivity contribution >= 4 is 10.0 Å². The number of aliphatic hydroxyl groups is 4. The van der Waals surface area contributed by atoms with Gasteiger partial charge in [0.25, 0.3) is 0 Å². The first-order valence-electron chi connectivity index (χ1n) is 4.54. The Morgan fingerprint density at radius 1 is 1.25 bits per heavy atom. The highest BCUT2D eigenvalue weighted by Crippen LogP contribution is 2.19. The third kappa shape index (κ3) is 3.10. The zero-order chi connectivity index (χ0) is 12.5. The fourth-order valence-corrected chi connectivity index (χ4v) is 2.22. The Bertz CT molecular complexity index is 332.